The lowest BCUT2D eigenvalue weighted by Gasteiger charge is -2.23. The topological polar surface area (TPSA) is 88.4 Å². The Hall–Kier alpha value is -1.94. The first-order valence-corrected chi connectivity index (χ1v) is 9.25. The van der Waals surface area contributed by atoms with Gasteiger partial charge in [0, 0.05) is 16.6 Å². The Bertz CT molecular complexity index is 944. The number of allylic oxidation sites excluding steroid dienone is 2. The first kappa shape index (κ1) is 19.8. The van der Waals surface area contributed by atoms with Crippen LogP contribution in [0.5, 0.6) is 0 Å². The number of nitrogens with one attached hydrogen (secondary N) is 2. The standard InChI is InChI=1S/C17H17BrClFN4O3/c1-24-8-21-16-13(24)7-10(17(26)23-27-5-4-25)15(14(16)20)22-12-3-2-9(18)6-11(12)19/h2,6-8,12,22,25H,3-5H2,1H3,(H,23,26). The van der Waals surface area contributed by atoms with Gasteiger partial charge in [-0.2, -0.15) is 0 Å². The number of aryl methyl sites for hydroxylation is 1. The number of carbonyl (C=O) groups excluding carboxylic acids is 1. The molecule has 0 saturated heterocycles. The SMILES string of the molecule is Cn1cnc2c(F)c(NC3CC=C(Br)C=C3Cl)c(C(=O)NOCCO)cc21. The van der Waals surface area contributed by atoms with E-state index in [0.29, 0.717) is 17.0 Å². The van der Waals surface area contributed by atoms with Crippen molar-refractivity contribution in [1.29, 1.82) is 0 Å². The van der Waals surface area contributed by atoms with Crippen LogP contribution < -0.4 is 10.8 Å². The molecule has 0 spiro atoms. The lowest BCUT2D eigenvalue weighted by Crippen LogP contribution is -2.28. The van der Waals surface area contributed by atoms with Crippen LogP contribution in [0.2, 0.25) is 0 Å². The Labute approximate surface area is 167 Å². The van der Waals surface area contributed by atoms with Crippen molar-refractivity contribution in [3.05, 3.63) is 45.4 Å². The average Bonchev–Trinajstić information content (AvgIpc) is 3.00. The van der Waals surface area contributed by atoms with E-state index in [1.807, 2.05) is 6.08 Å². The fourth-order valence-corrected chi connectivity index (χ4v) is 3.52. The van der Waals surface area contributed by atoms with Gasteiger partial charge >= 0.3 is 0 Å². The van der Waals surface area contributed by atoms with Gasteiger partial charge in [-0.15, -0.1) is 0 Å². The summed E-state index contributed by atoms with van der Waals surface area (Å²) in [5.74, 6) is -1.31. The lowest BCUT2D eigenvalue weighted by molar-refractivity contribution is 0.0169. The van der Waals surface area contributed by atoms with Gasteiger partial charge in [-0.25, -0.2) is 14.9 Å². The minimum atomic E-state index is -0.654. The molecule has 1 atom stereocenters. The van der Waals surface area contributed by atoms with Crippen LogP contribution in [0, 0.1) is 5.82 Å². The maximum atomic E-state index is 15.2. The van der Waals surface area contributed by atoms with E-state index >= 15 is 4.39 Å². The molecule has 0 aliphatic heterocycles. The highest BCUT2D eigenvalue weighted by Gasteiger charge is 2.25. The molecule has 1 aromatic heterocycles. The summed E-state index contributed by atoms with van der Waals surface area (Å²) in [4.78, 5) is 21.5. The molecule has 1 aliphatic rings. The normalized spacial score (nSPS) is 16.9. The number of aromatic nitrogens is 2. The predicted octanol–water partition coefficient (Wildman–Crippen LogP) is 2.95. The molecule has 3 N–H and O–H groups in total. The van der Waals surface area contributed by atoms with E-state index in [1.54, 1.807) is 17.7 Å². The molecule has 10 heteroatoms. The fourth-order valence-electron chi connectivity index (χ4n) is 2.70. The van der Waals surface area contributed by atoms with Crippen LogP contribution in [-0.2, 0) is 11.9 Å². The number of imidazole rings is 1. The second-order valence-corrected chi connectivity index (χ2v) is 7.24. The van der Waals surface area contributed by atoms with Crippen molar-refractivity contribution >= 4 is 50.2 Å². The largest absolute Gasteiger partial charge is 0.394 e. The molecule has 1 aromatic carbocycles. The molecule has 3 rings (SSSR count). The highest BCUT2D eigenvalue weighted by atomic mass is 79.9. The Kier molecular flexibility index (Phi) is 6.15. The minimum Gasteiger partial charge on any atom is -0.394 e. The van der Waals surface area contributed by atoms with E-state index in [-0.39, 0.29) is 30.0 Å². The number of aliphatic hydroxyl groups is 1. The number of amides is 1. The van der Waals surface area contributed by atoms with Gasteiger partial charge in [0.2, 0.25) is 0 Å². The Balaban J connectivity index is 2.01. The summed E-state index contributed by atoms with van der Waals surface area (Å²) in [7, 11) is 1.70. The molecule has 144 valence electrons. The van der Waals surface area contributed by atoms with Crippen LogP contribution in [0.4, 0.5) is 10.1 Å². The van der Waals surface area contributed by atoms with Crippen LogP contribution in [0.3, 0.4) is 0 Å². The van der Waals surface area contributed by atoms with Gasteiger partial charge in [-0.3, -0.25) is 9.63 Å². The molecule has 0 saturated carbocycles. The summed E-state index contributed by atoms with van der Waals surface area (Å²) in [5.41, 5.74) is 2.82. The highest BCUT2D eigenvalue weighted by Crippen LogP contribution is 2.32. The molecule has 1 amide bonds. The average molecular weight is 460 g/mol. The van der Waals surface area contributed by atoms with Crippen molar-refractivity contribution in [2.24, 2.45) is 7.05 Å². The molecular formula is C17H17BrClFN4O3. The number of benzene rings is 1. The van der Waals surface area contributed by atoms with Crippen molar-refractivity contribution in [3.8, 4) is 0 Å². The molecule has 0 radical (unpaired) electrons. The zero-order chi connectivity index (χ0) is 19.6. The molecule has 1 unspecified atom stereocenters. The number of anilines is 1. The van der Waals surface area contributed by atoms with E-state index < -0.39 is 17.8 Å². The van der Waals surface area contributed by atoms with Gasteiger partial charge in [-0.1, -0.05) is 33.6 Å². The number of halogens is 3. The highest BCUT2D eigenvalue weighted by molar-refractivity contribution is 9.11. The van der Waals surface area contributed by atoms with Crippen LogP contribution >= 0.6 is 27.5 Å². The van der Waals surface area contributed by atoms with Gasteiger partial charge in [0.25, 0.3) is 5.91 Å². The second-order valence-electron chi connectivity index (χ2n) is 5.89. The van der Waals surface area contributed by atoms with E-state index in [1.165, 1.54) is 12.4 Å². The molecule has 27 heavy (non-hydrogen) atoms. The summed E-state index contributed by atoms with van der Waals surface area (Å²) in [6, 6.07) is 1.13. The third-order valence-electron chi connectivity index (χ3n) is 4.04. The van der Waals surface area contributed by atoms with E-state index in [9.17, 15) is 4.79 Å². The monoisotopic (exact) mass is 458 g/mol. The summed E-state index contributed by atoms with van der Waals surface area (Å²) in [6.45, 7) is -0.342. The molecule has 1 aliphatic carbocycles. The molecule has 0 fully saturated rings. The lowest BCUT2D eigenvalue weighted by atomic mass is 10.1. The van der Waals surface area contributed by atoms with Crippen molar-refractivity contribution in [2.75, 3.05) is 18.5 Å². The van der Waals surface area contributed by atoms with Crippen molar-refractivity contribution in [3.63, 3.8) is 0 Å². The smallest absolute Gasteiger partial charge is 0.277 e. The second kappa shape index (κ2) is 8.39. The number of hydrogen-bond donors (Lipinski definition) is 3. The zero-order valence-electron chi connectivity index (χ0n) is 14.3. The molecule has 1 heterocycles. The van der Waals surface area contributed by atoms with Crippen LogP contribution in [0.1, 0.15) is 16.8 Å². The molecular weight excluding hydrogens is 443 g/mol. The maximum absolute atomic E-state index is 15.2. The number of nitrogens with zero attached hydrogens (tertiary/aromatic N) is 2. The van der Waals surface area contributed by atoms with E-state index in [2.05, 4.69) is 31.7 Å². The van der Waals surface area contributed by atoms with Gasteiger partial charge in [0.1, 0.15) is 5.52 Å². The number of hydrogen-bond acceptors (Lipinski definition) is 5. The Morgan fingerprint density at radius 3 is 3.07 bits per heavy atom. The molecule has 7 nitrogen and oxygen atoms in total. The quantitative estimate of drug-likeness (QED) is 0.457. The summed E-state index contributed by atoms with van der Waals surface area (Å²) < 4.78 is 17.6. The summed E-state index contributed by atoms with van der Waals surface area (Å²) >= 11 is 9.62. The first-order chi connectivity index (χ1) is 12.9. The van der Waals surface area contributed by atoms with Gasteiger partial charge in [0.15, 0.2) is 5.82 Å². The van der Waals surface area contributed by atoms with Crippen LogP contribution in [-0.4, -0.2) is 39.8 Å². The number of aliphatic hydroxyl groups excluding tert-OH is 1. The Morgan fingerprint density at radius 1 is 1.59 bits per heavy atom. The Morgan fingerprint density at radius 2 is 2.37 bits per heavy atom. The van der Waals surface area contributed by atoms with Crippen LogP contribution in [0.15, 0.2) is 34.1 Å². The number of carbonyl (C=O) groups is 1. The van der Waals surface area contributed by atoms with Gasteiger partial charge < -0.3 is 15.0 Å². The third kappa shape index (κ3) is 4.16. The summed E-state index contributed by atoms with van der Waals surface area (Å²) in [5, 5.41) is 12.3. The first-order valence-electron chi connectivity index (χ1n) is 8.08. The fraction of sp³-hybridized carbons (Fsp3) is 0.294. The number of fused-ring (bicyclic) bond motifs is 1. The van der Waals surface area contributed by atoms with Crippen molar-refractivity contribution < 1.29 is 19.1 Å². The molecule has 2 aromatic rings. The van der Waals surface area contributed by atoms with E-state index in [4.69, 9.17) is 21.5 Å². The maximum Gasteiger partial charge on any atom is 0.277 e. The van der Waals surface area contributed by atoms with Gasteiger partial charge in [0.05, 0.1) is 42.4 Å². The van der Waals surface area contributed by atoms with Crippen molar-refractivity contribution in [1.82, 2.24) is 15.0 Å². The van der Waals surface area contributed by atoms with E-state index in [0.717, 1.165) is 4.48 Å². The van der Waals surface area contributed by atoms with Gasteiger partial charge in [-0.05, 0) is 18.6 Å². The number of hydroxylamine groups is 1. The van der Waals surface area contributed by atoms with Crippen molar-refractivity contribution in [2.45, 2.75) is 12.5 Å². The zero-order valence-corrected chi connectivity index (χ0v) is 16.6. The predicted molar refractivity (Wildman–Crippen MR) is 104 cm³/mol. The van der Waals surface area contributed by atoms with Crippen LogP contribution in [0.25, 0.3) is 11.0 Å². The third-order valence-corrected chi connectivity index (χ3v) is 4.96. The minimum absolute atomic E-state index is 0.0192. The summed E-state index contributed by atoms with van der Waals surface area (Å²) in [6.07, 6.45) is 5.58. The number of rotatable bonds is 6. The molecule has 0 bridgehead atoms.